The number of anilines is 1. The summed E-state index contributed by atoms with van der Waals surface area (Å²) in [5, 5.41) is 8.90. The van der Waals surface area contributed by atoms with Gasteiger partial charge in [0.2, 0.25) is 0 Å². The second-order valence-corrected chi connectivity index (χ2v) is 9.19. The highest BCUT2D eigenvalue weighted by atomic mass is 16.5. The van der Waals surface area contributed by atoms with Crippen molar-refractivity contribution in [3.63, 3.8) is 0 Å². The lowest BCUT2D eigenvalue weighted by atomic mass is 9.89. The summed E-state index contributed by atoms with van der Waals surface area (Å²) in [5.41, 5.74) is 7.23. The molecule has 5 nitrogen and oxygen atoms in total. The van der Waals surface area contributed by atoms with E-state index in [1.807, 2.05) is 12.1 Å². The molecule has 0 fully saturated rings. The Morgan fingerprint density at radius 1 is 1.14 bits per heavy atom. The molecule has 3 aliphatic rings. The fourth-order valence-electron chi connectivity index (χ4n) is 5.03. The first kappa shape index (κ1) is 23.0. The SMILES string of the molecule is COc1ccc2c(c1)OC1=C(/C=C/C3=CCN(CCCCC(=O)O)c4ccccc43)CCCC1=C2. The zero-order chi connectivity index (χ0) is 24.2. The number of methoxy groups -OCH3 is 1. The summed E-state index contributed by atoms with van der Waals surface area (Å²) >= 11 is 0. The fourth-order valence-corrected chi connectivity index (χ4v) is 5.03. The molecule has 35 heavy (non-hydrogen) atoms. The molecule has 0 amide bonds. The number of hydrogen-bond donors (Lipinski definition) is 1. The lowest BCUT2D eigenvalue weighted by Crippen LogP contribution is -2.28. The number of ether oxygens (including phenoxy) is 2. The minimum Gasteiger partial charge on any atom is -0.497 e. The Bertz CT molecular complexity index is 1250. The normalized spacial score (nSPS) is 16.7. The third-order valence-electron chi connectivity index (χ3n) is 6.86. The van der Waals surface area contributed by atoms with Crippen LogP contribution >= 0.6 is 0 Å². The first-order valence-electron chi connectivity index (χ1n) is 12.4. The molecule has 0 bridgehead atoms. The molecule has 0 saturated heterocycles. The van der Waals surface area contributed by atoms with E-state index in [1.165, 1.54) is 28.0 Å². The van der Waals surface area contributed by atoms with Gasteiger partial charge in [-0.2, -0.15) is 0 Å². The van der Waals surface area contributed by atoms with E-state index in [4.69, 9.17) is 14.6 Å². The van der Waals surface area contributed by atoms with Gasteiger partial charge in [0.05, 0.1) is 7.11 Å². The van der Waals surface area contributed by atoms with Crippen LogP contribution in [0.25, 0.3) is 11.6 Å². The predicted molar refractivity (Wildman–Crippen MR) is 140 cm³/mol. The molecule has 2 aromatic carbocycles. The summed E-state index contributed by atoms with van der Waals surface area (Å²) in [4.78, 5) is 13.2. The number of rotatable bonds is 8. The zero-order valence-electron chi connectivity index (χ0n) is 20.1. The van der Waals surface area contributed by atoms with E-state index in [-0.39, 0.29) is 6.42 Å². The third-order valence-corrected chi connectivity index (χ3v) is 6.86. The molecule has 0 saturated carbocycles. The largest absolute Gasteiger partial charge is 0.497 e. The number of para-hydroxylation sites is 1. The molecule has 2 aromatic rings. The number of carbonyl (C=O) groups is 1. The maximum Gasteiger partial charge on any atom is 0.303 e. The highest BCUT2D eigenvalue weighted by Crippen LogP contribution is 2.41. The van der Waals surface area contributed by atoms with Crippen molar-refractivity contribution in [2.75, 3.05) is 25.1 Å². The van der Waals surface area contributed by atoms with Gasteiger partial charge in [0.1, 0.15) is 17.3 Å². The number of hydrogen-bond acceptors (Lipinski definition) is 4. The van der Waals surface area contributed by atoms with Crippen LogP contribution in [0.1, 0.15) is 49.7 Å². The average Bonchev–Trinajstić information content (AvgIpc) is 2.88. The van der Waals surface area contributed by atoms with Gasteiger partial charge in [0, 0.05) is 42.4 Å². The summed E-state index contributed by atoms with van der Waals surface area (Å²) in [5.74, 6) is 1.90. The molecular weight excluding hydrogens is 438 g/mol. The van der Waals surface area contributed by atoms with Crippen molar-refractivity contribution in [3.8, 4) is 11.5 Å². The Labute approximate surface area is 206 Å². The fraction of sp³-hybridized carbons (Fsp3) is 0.300. The number of benzene rings is 2. The second kappa shape index (κ2) is 10.3. The molecule has 180 valence electrons. The van der Waals surface area contributed by atoms with E-state index in [2.05, 4.69) is 59.5 Å². The standard InChI is InChI=1S/C30H31NO4/c1-34-25-15-14-23-19-24-8-6-7-22(30(24)35-28(23)20-25)13-12-21-16-18-31(17-5-4-11-29(32)33)27-10-3-2-9-26(21)27/h2-3,9-10,12-16,19-20H,4-8,11,17-18H2,1H3,(H,32,33)/b13-12+. The summed E-state index contributed by atoms with van der Waals surface area (Å²) in [6, 6.07) is 14.5. The highest BCUT2D eigenvalue weighted by Gasteiger charge is 2.24. The number of unbranched alkanes of at least 4 members (excludes halogenated alkanes) is 1. The van der Waals surface area contributed by atoms with Crippen LogP contribution in [0.4, 0.5) is 5.69 Å². The van der Waals surface area contributed by atoms with Gasteiger partial charge in [-0.3, -0.25) is 4.79 Å². The molecule has 1 aliphatic carbocycles. The van der Waals surface area contributed by atoms with E-state index in [1.54, 1.807) is 7.11 Å². The Balaban J connectivity index is 1.37. The Hall–Kier alpha value is -3.73. The maximum atomic E-state index is 10.8. The van der Waals surface area contributed by atoms with Gasteiger partial charge < -0.3 is 19.5 Å². The van der Waals surface area contributed by atoms with Crippen LogP contribution in [0.3, 0.4) is 0 Å². The number of carboxylic acid groups (broad SMARTS) is 1. The maximum absolute atomic E-state index is 10.8. The van der Waals surface area contributed by atoms with Crippen LogP contribution in [0, 0.1) is 0 Å². The Morgan fingerprint density at radius 2 is 2.03 bits per heavy atom. The van der Waals surface area contributed by atoms with Crippen molar-refractivity contribution in [1.82, 2.24) is 0 Å². The topological polar surface area (TPSA) is 59.0 Å². The molecule has 2 heterocycles. The molecule has 1 N–H and O–H groups in total. The van der Waals surface area contributed by atoms with Crippen LogP contribution in [0.2, 0.25) is 0 Å². The first-order valence-corrected chi connectivity index (χ1v) is 12.4. The predicted octanol–water partition coefficient (Wildman–Crippen LogP) is 6.62. The van der Waals surface area contributed by atoms with E-state index in [0.29, 0.717) is 6.42 Å². The van der Waals surface area contributed by atoms with Gasteiger partial charge in [0.15, 0.2) is 0 Å². The molecule has 0 spiro atoms. The smallest absolute Gasteiger partial charge is 0.303 e. The van der Waals surface area contributed by atoms with Crippen molar-refractivity contribution >= 4 is 23.3 Å². The third kappa shape index (κ3) is 5.04. The zero-order valence-corrected chi connectivity index (χ0v) is 20.1. The number of carboxylic acids is 1. The molecule has 0 aromatic heterocycles. The number of nitrogens with zero attached hydrogens (tertiary/aromatic N) is 1. The van der Waals surface area contributed by atoms with Gasteiger partial charge in [-0.05, 0) is 73.1 Å². The van der Waals surface area contributed by atoms with Crippen LogP contribution in [-0.2, 0) is 4.79 Å². The van der Waals surface area contributed by atoms with Crippen molar-refractivity contribution in [1.29, 1.82) is 0 Å². The monoisotopic (exact) mass is 469 g/mol. The number of allylic oxidation sites excluding steroid dienone is 5. The van der Waals surface area contributed by atoms with Crippen molar-refractivity contribution in [2.24, 2.45) is 0 Å². The summed E-state index contributed by atoms with van der Waals surface area (Å²) in [7, 11) is 1.67. The minimum atomic E-state index is -0.725. The molecule has 5 heteroatoms. The van der Waals surface area contributed by atoms with Gasteiger partial charge in [-0.25, -0.2) is 0 Å². The summed E-state index contributed by atoms with van der Waals surface area (Å²) in [6.45, 7) is 1.68. The van der Waals surface area contributed by atoms with Gasteiger partial charge >= 0.3 is 5.97 Å². The highest BCUT2D eigenvalue weighted by molar-refractivity contribution is 5.85. The summed E-state index contributed by atoms with van der Waals surface area (Å²) in [6.07, 6.45) is 13.9. The molecule has 0 unspecified atom stereocenters. The summed E-state index contributed by atoms with van der Waals surface area (Å²) < 4.78 is 11.8. The van der Waals surface area contributed by atoms with Crippen LogP contribution in [0.5, 0.6) is 11.5 Å². The molecule has 2 aliphatic heterocycles. The van der Waals surface area contributed by atoms with Crippen LogP contribution in [-0.4, -0.2) is 31.3 Å². The van der Waals surface area contributed by atoms with Gasteiger partial charge in [-0.1, -0.05) is 36.4 Å². The lowest BCUT2D eigenvalue weighted by Gasteiger charge is -2.30. The first-order chi connectivity index (χ1) is 17.1. The van der Waals surface area contributed by atoms with E-state index >= 15 is 0 Å². The molecule has 5 rings (SSSR count). The average molecular weight is 470 g/mol. The van der Waals surface area contributed by atoms with E-state index in [9.17, 15) is 4.79 Å². The van der Waals surface area contributed by atoms with Gasteiger partial charge in [0.25, 0.3) is 0 Å². The van der Waals surface area contributed by atoms with Crippen LogP contribution < -0.4 is 14.4 Å². The quantitative estimate of drug-likeness (QED) is 0.440. The van der Waals surface area contributed by atoms with Crippen molar-refractivity contribution in [3.05, 3.63) is 88.7 Å². The number of fused-ring (bicyclic) bond motifs is 3. The minimum absolute atomic E-state index is 0.229. The number of aliphatic carboxylic acids is 1. The Morgan fingerprint density at radius 3 is 2.89 bits per heavy atom. The van der Waals surface area contributed by atoms with Crippen LogP contribution in [0.15, 0.2) is 77.6 Å². The second-order valence-electron chi connectivity index (χ2n) is 9.19. The molecular formula is C30H31NO4. The van der Waals surface area contributed by atoms with Gasteiger partial charge in [-0.15, -0.1) is 0 Å². The molecule has 0 radical (unpaired) electrons. The van der Waals surface area contributed by atoms with E-state index < -0.39 is 5.97 Å². The Kier molecular flexibility index (Phi) is 6.75. The molecule has 0 atom stereocenters. The van der Waals surface area contributed by atoms with Crippen molar-refractivity contribution < 1.29 is 19.4 Å². The van der Waals surface area contributed by atoms with Crippen molar-refractivity contribution in [2.45, 2.75) is 38.5 Å². The lowest BCUT2D eigenvalue weighted by molar-refractivity contribution is -0.137. The van der Waals surface area contributed by atoms with E-state index in [0.717, 1.165) is 61.6 Å².